The fourth-order valence-electron chi connectivity index (χ4n) is 3.99. The van der Waals surface area contributed by atoms with Gasteiger partial charge >= 0.3 is 0 Å². The third kappa shape index (κ3) is 5.79. The third-order valence-corrected chi connectivity index (χ3v) is 7.52. The van der Waals surface area contributed by atoms with Crippen molar-refractivity contribution in [1.29, 1.82) is 0 Å². The van der Waals surface area contributed by atoms with E-state index >= 15 is 0 Å². The van der Waals surface area contributed by atoms with Crippen molar-refractivity contribution in [1.82, 2.24) is 14.6 Å². The maximum Gasteiger partial charge on any atom is 0.244 e. The Morgan fingerprint density at radius 2 is 1.86 bits per heavy atom. The Kier molecular flexibility index (Phi) is 10.1. The molecule has 2 atom stereocenters. The molecule has 2 aliphatic rings. The fraction of sp³-hybridized carbons (Fsp3) is 0.667. The number of sulfonamides is 1. The lowest BCUT2D eigenvalue weighted by Crippen LogP contribution is -2.49. The van der Waals surface area contributed by atoms with Crippen molar-refractivity contribution in [2.24, 2.45) is 17.6 Å². The van der Waals surface area contributed by atoms with Crippen molar-refractivity contribution in [2.45, 2.75) is 49.5 Å². The Balaban J connectivity index is 0.00000196. The molecule has 1 aliphatic carbocycles. The summed E-state index contributed by atoms with van der Waals surface area (Å²) in [5, 5.41) is 3.18. The van der Waals surface area contributed by atoms with Crippen molar-refractivity contribution < 1.29 is 13.2 Å². The highest BCUT2D eigenvalue weighted by Crippen LogP contribution is 2.26. The van der Waals surface area contributed by atoms with E-state index in [1.54, 1.807) is 18.3 Å². The van der Waals surface area contributed by atoms with E-state index in [1.807, 2.05) is 0 Å². The number of nitrogens with one attached hydrogen (secondary N) is 1. The molecule has 0 aromatic carbocycles. The Hall–Kier alpha value is -0.930. The van der Waals surface area contributed by atoms with Crippen LogP contribution in [0, 0.1) is 11.8 Å². The molecule has 1 aliphatic heterocycles. The average Bonchev–Trinajstić information content (AvgIpc) is 2.69. The van der Waals surface area contributed by atoms with Gasteiger partial charge in [0.25, 0.3) is 0 Å². The van der Waals surface area contributed by atoms with Gasteiger partial charge in [-0.05, 0) is 50.3 Å². The minimum Gasteiger partial charge on any atom is -0.353 e. The van der Waals surface area contributed by atoms with Gasteiger partial charge in [0.1, 0.15) is 4.90 Å². The summed E-state index contributed by atoms with van der Waals surface area (Å²) in [4.78, 5) is 16.7. The molecule has 160 valence electrons. The number of hydrogen-bond donors (Lipinski definition) is 2. The van der Waals surface area contributed by atoms with E-state index in [1.165, 1.54) is 16.9 Å². The molecule has 0 bridgehead atoms. The highest BCUT2D eigenvalue weighted by molar-refractivity contribution is 7.89. The fourth-order valence-corrected chi connectivity index (χ4v) is 5.42. The molecular formula is C18H30Cl2N4O3S. The maximum atomic E-state index is 12.6. The number of piperidine rings is 1. The monoisotopic (exact) mass is 452 g/mol. The summed E-state index contributed by atoms with van der Waals surface area (Å²) in [5.74, 6) is 0.281. The van der Waals surface area contributed by atoms with Crippen molar-refractivity contribution in [3.63, 3.8) is 0 Å². The number of nitrogens with zero attached hydrogens (tertiary/aromatic N) is 2. The Labute approximate surface area is 179 Å². The summed E-state index contributed by atoms with van der Waals surface area (Å²) < 4.78 is 26.7. The Bertz CT molecular complexity index is 713. The van der Waals surface area contributed by atoms with Gasteiger partial charge < -0.3 is 11.1 Å². The van der Waals surface area contributed by atoms with Crippen molar-refractivity contribution >= 4 is 40.7 Å². The average molecular weight is 453 g/mol. The number of carbonyl (C=O) groups excluding carboxylic acids is 1. The number of aromatic nitrogens is 1. The topological polar surface area (TPSA) is 105 Å². The number of rotatable bonds is 5. The van der Waals surface area contributed by atoms with Crippen LogP contribution in [0.15, 0.2) is 29.4 Å². The standard InChI is InChI=1S/C18H28N4O3S.2ClH/c19-12-15-4-1-2-6-17(15)21-18(23)14-7-10-22(11-8-14)26(24,25)16-5-3-9-20-13-16;;/h3,5,9,13-15,17H,1-2,4,6-8,10-12,19H2,(H,21,23);2*1H. The van der Waals surface area contributed by atoms with Gasteiger partial charge in [-0.2, -0.15) is 4.31 Å². The molecule has 1 saturated heterocycles. The molecule has 0 spiro atoms. The first-order valence-corrected chi connectivity index (χ1v) is 10.9. The molecule has 3 N–H and O–H groups in total. The van der Waals surface area contributed by atoms with Gasteiger partial charge in [0.2, 0.25) is 15.9 Å². The lowest BCUT2D eigenvalue weighted by atomic mass is 9.84. The molecule has 1 aromatic rings. The van der Waals surface area contributed by atoms with Crippen LogP contribution in [0.2, 0.25) is 0 Å². The smallest absolute Gasteiger partial charge is 0.244 e. The maximum absolute atomic E-state index is 12.6. The quantitative estimate of drug-likeness (QED) is 0.709. The Morgan fingerprint density at radius 3 is 2.46 bits per heavy atom. The summed E-state index contributed by atoms with van der Waals surface area (Å²) >= 11 is 0. The van der Waals surface area contributed by atoms with Gasteiger partial charge in [-0.1, -0.05) is 12.8 Å². The van der Waals surface area contributed by atoms with Crippen LogP contribution in [0.3, 0.4) is 0 Å². The zero-order valence-electron chi connectivity index (χ0n) is 15.8. The van der Waals surface area contributed by atoms with Crippen LogP contribution in [0.25, 0.3) is 0 Å². The molecule has 1 saturated carbocycles. The number of carbonyl (C=O) groups is 1. The van der Waals surface area contributed by atoms with Gasteiger partial charge in [0.05, 0.1) is 0 Å². The van der Waals surface area contributed by atoms with Crippen LogP contribution < -0.4 is 11.1 Å². The second-order valence-electron chi connectivity index (χ2n) is 7.26. The third-order valence-electron chi connectivity index (χ3n) is 5.64. The van der Waals surface area contributed by atoms with E-state index in [0.717, 1.165) is 19.3 Å². The zero-order valence-corrected chi connectivity index (χ0v) is 18.3. The van der Waals surface area contributed by atoms with Gasteiger partial charge in [0.15, 0.2) is 0 Å². The number of nitrogens with two attached hydrogens (primary N) is 1. The van der Waals surface area contributed by atoms with Gasteiger partial charge in [0, 0.05) is 37.4 Å². The molecule has 3 rings (SSSR count). The van der Waals surface area contributed by atoms with Crippen molar-refractivity contribution in [3.8, 4) is 0 Å². The van der Waals surface area contributed by atoms with Gasteiger partial charge in [-0.3, -0.25) is 9.78 Å². The van der Waals surface area contributed by atoms with E-state index in [0.29, 0.717) is 38.4 Å². The predicted molar refractivity (Wildman–Crippen MR) is 113 cm³/mol. The number of hydrogen-bond acceptors (Lipinski definition) is 5. The second kappa shape index (κ2) is 11.3. The number of halogens is 2. The number of amides is 1. The van der Waals surface area contributed by atoms with Gasteiger partial charge in [-0.25, -0.2) is 8.42 Å². The first-order valence-electron chi connectivity index (χ1n) is 9.43. The lowest BCUT2D eigenvalue weighted by molar-refractivity contribution is -0.127. The largest absolute Gasteiger partial charge is 0.353 e. The normalized spacial score (nSPS) is 23.9. The molecule has 1 amide bonds. The lowest BCUT2D eigenvalue weighted by Gasteiger charge is -2.34. The molecule has 2 heterocycles. The summed E-state index contributed by atoms with van der Waals surface area (Å²) in [6, 6.07) is 3.33. The molecule has 0 radical (unpaired) electrons. The van der Waals surface area contributed by atoms with E-state index in [9.17, 15) is 13.2 Å². The molecule has 7 nitrogen and oxygen atoms in total. The van der Waals surface area contributed by atoms with E-state index in [4.69, 9.17) is 5.73 Å². The first-order chi connectivity index (χ1) is 12.5. The Morgan fingerprint density at radius 1 is 1.18 bits per heavy atom. The predicted octanol–water partition coefficient (Wildman–Crippen LogP) is 1.96. The van der Waals surface area contributed by atoms with E-state index in [-0.39, 0.29) is 47.6 Å². The van der Waals surface area contributed by atoms with Crippen LogP contribution >= 0.6 is 24.8 Å². The first kappa shape index (κ1) is 25.1. The van der Waals surface area contributed by atoms with Crippen molar-refractivity contribution in [2.75, 3.05) is 19.6 Å². The summed E-state index contributed by atoms with van der Waals surface area (Å²) in [5.41, 5.74) is 5.84. The van der Waals surface area contributed by atoms with Crippen molar-refractivity contribution in [3.05, 3.63) is 24.5 Å². The van der Waals surface area contributed by atoms with E-state index in [2.05, 4.69) is 10.3 Å². The highest BCUT2D eigenvalue weighted by atomic mass is 35.5. The molecule has 2 unspecified atom stereocenters. The summed E-state index contributed by atoms with van der Waals surface area (Å²) in [6.45, 7) is 1.33. The van der Waals surface area contributed by atoms with Crippen LogP contribution in [0.1, 0.15) is 38.5 Å². The SMILES string of the molecule is Cl.Cl.NCC1CCCCC1NC(=O)C1CCN(S(=O)(=O)c2cccnc2)CC1. The molecule has 1 aromatic heterocycles. The minimum absolute atomic E-state index is 0. The second-order valence-corrected chi connectivity index (χ2v) is 9.20. The molecular weight excluding hydrogens is 423 g/mol. The van der Waals surface area contributed by atoms with Crippen LogP contribution in [-0.4, -0.2) is 49.3 Å². The minimum atomic E-state index is -3.53. The summed E-state index contributed by atoms with van der Waals surface area (Å²) in [7, 11) is -3.53. The highest BCUT2D eigenvalue weighted by Gasteiger charge is 2.34. The van der Waals surface area contributed by atoms with Gasteiger partial charge in [-0.15, -0.1) is 24.8 Å². The zero-order chi connectivity index (χ0) is 18.6. The van der Waals surface area contributed by atoms with E-state index < -0.39 is 10.0 Å². The number of pyridine rings is 1. The molecule has 2 fully saturated rings. The molecule has 28 heavy (non-hydrogen) atoms. The summed E-state index contributed by atoms with van der Waals surface area (Å²) in [6.07, 6.45) is 8.38. The van der Waals surface area contributed by atoms with Crippen LogP contribution in [0.4, 0.5) is 0 Å². The van der Waals surface area contributed by atoms with Crippen LogP contribution in [-0.2, 0) is 14.8 Å². The van der Waals surface area contributed by atoms with Crippen LogP contribution in [0.5, 0.6) is 0 Å². The molecule has 10 heteroatoms.